The fraction of sp³-hybridized carbons (Fsp3) is 0.423. The number of aryl methyl sites for hydroxylation is 1. The molecule has 10 nitrogen and oxygen atoms in total. The van der Waals surface area contributed by atoms with Crippen molar-refractivity contribution in [2.24, 2.45) is 0 Å². The summed E-state index contributed by atoms with van der Waals surface area (Å²) in [5.74, 6) is -5.05. The number of rotatable bonds is 7. The zero-order chi connectivity index (χ0) is 33.5. The van der Waals surface area contributed by atoms with Crippen molar-refractivity contribution in [1.82, 2.24) is 19.4 Å². The molecule has 1 unspecified atom stereocenters. The summed E-state index contributed by atoms with van der Waals surface area (Å²) in [5, 5.41) is 11.7. The summed E-state index contributed by atoms with van der Waals surface area (Å²) in [6.07, 6.45) is -8.34. The summed E-state index contributed by atoms with van der Waals surface area (Å²) in [6.45, 7) is 3.12. The van der Waals surface area contributed by atoms with Crippen molar-refractivity contribution in [3.8, 4) is 5.75 Å². The molecule has 1 aliphatic heterocycles. The highest BCUT2D eigenvalue weighted by Crippen LogP contribution is 2.32. The molecule has 1 atom stereocenters. The van der Waals surface area contributed by atoms with Crippen LogP contribution in [0.1, 0.15) is 46.9 Å². The lowest BCUT2D eigenvalue weighted by molar-refractivity contribution is -0.274. The Bertz CT molecular complexity index is 1720. The highest BCUT2D eigenvalue weighted by Gasteiger charge is 2.39. The predicted molar refractivity (Wildman–Crippen MR) is 145 cm³/mol. The number of ether oxygens (including phenoxy) is 1. The first kappa shape index (κ1) is 34.2. The smallest absolute Gasteiger partial charge is 0.475 e. The second-order valence-electron chi connectivity index (χ2n) is 10.4. The van der Waals surface area contributed by atoms with Crippen LogP contribution in [0.5, 0.6) is 5.75 Å². The number of carbonyl (C=O) groups is 2. The zero-order valence-electron chi connectivity index (χ0n) is 23.0. The topological polar surface area (TPSA) is 131 Å². The first-order valence-corrected chi connectivity index (χ1v) is 15.0. The molecule has 45 heavy (non-hydrogen) atoms. The zero-order valence-corrected chi connectivity index (χ0v) is 24.6. The highest BCUT2D eigenvalue weighted by molar-refractivity contribution is 7.91. The lowest BCUT2D eigenvalue weighted by Crippen LogP contribution is -2.33. The minimum absolute atomic E-state index is 0.117. The third-order valence-electron chi connectivity index (χ3n) is 6.83. The van der Waals surface area contributed by atoms with Gasteiger partial charge in [0.05, 0.1) is 28.1 Å². The summed E-state index contributed by atoms with van der Waals surface area (Å²) >= 11 is 5.98. The van der Waals surface area contributed by atoms with Crippen molar-refractivity contribution >= 4 is 44.4 Å². The molecule has 0 radical (unpaired) electrons. The number of carbonyl (C=O) groups excluding carboxylic acids is 1. The number of nitrogens with one attached hydrogen (secondary N) is 1. The van der Waals surface area contributed by atoms with E-state index in [1.54, 1.807) is 17.7 Å². The van der Waals surface area contributed by atoms with Crippen molar-refractivity contribution in [2.45, 2.75) is 56.6 Å². The summed E-state index contributed by atoms with van der Waals surface area (Å²) in [5.41, 5.74) is 1.16. The van der Waals surface area contributed by atoms with Gasteiger partial charge in [0.15, 0.2) is 0 Å². The quantitative estimate of drug-likeness (QED) is 0.319. The Morgan fingerprint density at radius 2 is 1.73 bits per heavy atom. The normalized spacial score (nSPS) is 17.6. The van der Waals surface area contributed by atoms with Crippen LogP contribution in [0.25, 0.3) is 10.9 Å². The van der Waals surface area contributed by atoms with Gasteiger partial charge in [-0.25, -0.2) is 22.3 Å². The SMILES string of the molecule is Cc1nn(C2CCN(Cc3cc(Cl)cc(OC(F)(F)F)c3)C2)c2cc(F)c(C(=O)NS(=O)(=O)C3CC3)cc12.O=C(O)C(F)(F)F. The van der Waals surface area contributed by atoms with E-state index in [0.717, 1.165) is 6.07 Å². The standard InChI is InChI=1S/C24H23ClF4N4O4S.C2HF3O2/c1-13-19-9-20(23(34)31-38(35,36)18-2-3-18)21(26)10-22(19)33(30-13)16-4-5-32(12-16)11-14-6-15(25)8-17(7-14)37-24(27,28)29;3-2(4,5)1(6)7/h6-10,16,18H,2-5,11-12H2,1H3,(H,31,34);(H,6,7). The first-order valence-electron chi connectivity index (χ1n) is 13.1. The molecule has 2 aliphatic rings. The fourth-order valence-corrected chi connectivity index (χ4v) is 6.27. The van der Waals surface area contributed by atoms with Gasteiger partial charge in [-0.3, -0.25) is 14.4 Å². The first-order chi connectivity index (χ1) is 20.7. The Hall–Kier alpha value is -3.64. The van der Waals surface area contributed by atoms with E-state index in [9.17, 15) is 43.9 Å². The van der Waals surface area contributed by atoms with Gasteiger partial charge in [-0.1, -0.05) is 11.6 Å². The van der Waals surface area contributed by atoms with Crippen LogP contribution < -0.4 is 9.46 Å². The number of amides is 1. The number of hydrogen-bond acceptors (Lipinski definition) is 7. The highest BCUT2D eigenvalue weighted by atomic mass is 35.5. The van der Waals surface area contributed by atoms with Crippen molar-refractivity contribution in [3.05, 3.63) is 58.0 Å². The van der Waals surface area contributed by atoms with Crippen LogP contribution in [-0.2, 0) is 21.4 Å². The van der Waals surface area contributed by atoms with Gasteiger partial charge in [0.1, 0.15) is 11.6 Å². The maximum atomic E-state index is 15.0. The van der Waals surface area contributed by atoms with Gasteiger partial charge < -0.3 is 9.84 Å². The van der Waals surface area contributed by atoms with Crippen LogP contribution in [-0.4, -0.2) is 71.0 Å². The Labute approximate surface area is 255 Å². The van der Waals surface area contributed by atoms with Crippen LogP contribution in [0.2, 0.25) is 5.02 Å². The van der Waals surface area contributed by atoms with Gasteiger partial charge in [-0.05, 0) is 56.0 Å². The molecule has 3 aromatic rings. The Morgan fingerprint density at radius 3 is 2.31 bits per heavy atom. The number of fused-ring (bicyclic) bond motifs is 1. The maximum Gasteiger partial charge on any atom is 0.573 e. The van der Waals surface area contributed by atoms with Crippen LogP contribution in [0, 0.1) is 12.7 Å². The van der Waals surface area contributed by atoms with E-state index in [2.05, 4.69) is 9.84 Å². The van der Waals surface area contributed by atoms with E-state index < -0.39 is 51.3 Å². The number of halogens is 8. The summed E-state index contributed by atoms with van der Waals surface area (Å²) in [4.78, 5) is 23.4. The second kappa shape index (κ2) is 12.6. The number of hydrogen-bond donors (Lipinski definition) is 2. The average Bonchev–Trinajstić information content (AvgIpc) is 3.58. The van der Waals surface area contributed by atoms with Gasteiger partial charge in [0.2, 0.25) is 10.0 Å². The molecule has 1 aliphatic carbocycles. The van der Waals surface area contributed by atoms with Crippen molar-refractivity contribution < 1.29 is 58.6 Å². The van der Waals surface area contributed by atoms with E-state index >= 15 is 0 Å². The van der Waals surface area contributed by atoms with E-state index in [4.69, 9.17) is 21.5 Å². The number of aliphatic carboxylic acids is 1. The molecule has 246 valence electrons. The molecule has 2 fully saturated rings. The minimum atomic E-state index is -5.08. The van der Waals surface area contributed by atoms with E-state index in [1.807, 2.05) is 9.62 Å². The van der Waals surface area contributed by atoms with Gasteiger partial charge in [-0.2, -0.15) is 18.3 Å². The Morgan fingerprint density at radius 1 is 1.09 bits per heavy atom. The van der Waals surface area contributed by atoms with Gasteiger partial charge in [0, 0.05) is 36.1 Å². The van der Waals surface area contributed by atoms with Crippen molar-refractivity contribution in [1.29, 1.82) is 0 Å². The molecule has 1 aromatic heterocycles. The molecule has 2 aromatic carbocycles. The molecule has 1 saturated carbocycles. The maximum absolute atomic E-state index is 15.0. The molecular formula is C26H24ClF7N4O6S. The molecule has 2 N–H and O–H groups in total. The van der Waals surface area contributed by atoms with E-state index in [0.29, 0.717) is 61.1 Å². The molecule has 2 heterocycles. The van der Waals surface area contributed by atoms with Gasteiger partial charge in [0.25, 0.3) is 5.91 Å². The number of likely N-dealkylation sites (tertiary alicyclic amines) is 1. The van der Waals surface area contributed by atoms with Crippen molar-refractivity contribution in [3.63, 3.8) is 0 Å². The van der Waals surface area contributed by atoms with Crippen LogP contribution >= 0.6 is 11.6 Å². The largest absolute Gasteiger partial charge is 0.573 e. The monoisotopic (exact) mass is 688 g/mol. The number of nitrogens with zero attached hydrogens (tertiary/aromatic N) is 3. The lowest BCUT2D eigenvalue weighted by Gasteiger charge is -2.18. The third kappa shape index (κ3) is 8.76. The number of alkyl halides is 6. The van der Waals surface area contributed by atoms with Gasteiger partial charge >= 0.3 is 18.5 Å². The fourth-order valence-electron chi connectivity index (χ4n) is 4.73. The lowest BCUT2D eigenvalue weighted by atomic mass is 10.1. The van der Waals surface area contributed by atoms with E-state index in [-0.39, 0.29) is 16.6 Å². The molecule has 0 spiro atoms. The number of carboxylic acids is 1. The number of carboxylic acid groups (broad SMARTS) is 1. The van der Waals surface area contributed by atoms with Crippen LogP contribution in [0.4, 0.5) is 30.7 Å². The predicted octanol–water partition coefficient (Wildman–Crippen LogP) is 5.34. The Kier molecular flexibility index (Phi) is 9.61. The Balaban J connectivity index is 0.000000591. The summed E-state index contributed by atoms with van der Waals surface area (Å²) in [7, 11) is -3.83. The van der Waals surface area contributed by atoms with Crippen LogP contribution in [0.3, 0.4) is 0 Å². The van der Waals surface area contributed by atoms with Crippen LogP contribution in [0.15, 0.2) is 30.3 Å². The third-order valence-corrected chi connectivity index (χ3v) is 8.87. The number of benzene rings is 2. The molecule has 1 saturated heterocycles. The molecule has 5 rings (SSSR count). The molecular weight excluding hydrogens is 665 g/mol. The second-order valence-corrected chi connectivity index (χ2v) is 12.8. The van der Waals surface area contributed by atoms with E-state index in [1.165, 1.54) is 18.2 Å². The number of sulfonamides is 1. The summed E-state index contributed by atoms with van der Waals surface area (Å²) in [6, 6.07) is 6.26. The molecule has 19 heteroatoms. The average molecular weight is 689 g/mol. The molecule has 0 bridgehead atoms. The molecule has 1 amide bonds. The summed E-state index contributed by atoms with van der Waals surface area (Å²) < 4.78 is 116. The number of aromatic nitrogens is 2. The minimum Gasteiger partial charge on any atom is -0.475 e. The van der Waals surface area contributed by atoms with Gasteiger partial charge in [-0.15, -0.1) is 13.2 Å². The van der Waals surface area contributed by atoms with Crippen molar-refractivity contribution in [2.75, 3.05) is 13.1 Å².